The Morgan fingerprint density at radius 3 is 2.37 bits per heavy atom. The van der Waals surface area contributed by atoms with Gasteiger partial charge >= 0.3 is 0 Å². The normalized spacial score (nSPS) is 11.1. The van der Waals surface area contributed by atoms with Gasteiger partial charge in [0.05, 0.1) is 16.3 Å². The van der Waals surface area contributed by atoms with E-state index in [9.17, 15) is 22.4 Å². The van der Waals surface area contributed by atoms with E-state index in [2.05, 4.69) is 15.1 Å². The van der Waals surface area contributed by atoms with E-state index in [1.54, 1.807) is 37.4 Å². The number of anilines is 2. The van der Waals surface area contributed by atoms with Gasteiger partial charge in [-0.2, -0.15) is 5.10 Å². The molecule has 4 aromatic rings. The van der Waals surface area contributed by atoms with E-state index in [1.807, 2.05) is 0 Å². The summed E-state index contributed by atoms with van der Waals surface area (Å²) in [4.78, 5) is 23.9. The predicted molar refractivity (Wildman–Crippen MR) is 128 cm³/mol. The first-order valence-electron chi connectivity index (χ1n) is 10.3. The maximum absolute atomic E-state index is 13.9. The Labute approximate surface area is 200 Å². The highest BCUT2D eigenvalue weighted by molar-refractivity contribution is 7.92. The molecule has 0 aliphatic rings. The first-order valence-corrected chi connectivity index (χ1v) is 11.8. The second kappa shape index (κ2) is 9.39. The fourth-order valence-electron chi connectivity index (χ4n) is 3.26. The van der Waals surface area contributed by atoms with Crippen molar-refractivity contribution in [2.75, 3.05) is 10.0 Å². The van der Waals surface area contributed by atoms with Crippen molar-refractivity contribution in [3.8, 4) is 5.69 Å². The second-order valence-corrected chi connectivity index (χ2v) is 9.26. The fraction of sp³-hybridized carbons (Fsp3) is 0.0417. The lowest BCUT2D eigenvalue weighted by atomic mass is 10.1. The Morgan fingerprint density at radius 1 is 1.00 bits per heavy atom. The number of benzene rings is 3. The maximum Gasteiger partial charge on any atom is 0.269 e. The summed E-state index contributed by atoms with van der Waals surface area (Å²) in [6, 6.07) is 17.6. The fourth-order valence-corrected chi connectivity index (χ4v) is 4.35. The van der Waals surface area contributed by atoms with Gasteiger partial charge in [0.2, 0.25) is 0 Å². The molecule has 0 saturated heterocycles. The monoisotopic (exact) mass is 493 g/mol. The van der Waals surface area contributed by atoms with Crippen molar-refractivity contribution in [3.05, 3.63) is 102 Å². The van der Waals surface area contributed by atoms with Crippen LogP contribution >= 0.6 is 0 Å². The highest BCUT2D eigenvalue weighted by Crippen LogP contribution is 2.22. The molecule has 4 rings (SSSR count). The van der Waals surface area contributed by atoms with E-state index in [1.165, 1.54) is 47.1 Å². The van der Waals surface area contributed by atoms with Crippen molar-refractivity contribution in [1.29, 1.82) is 0 Å². The zero-order valence-electron chi connectivity index (χ0n) is 18.4. The average molecular weight is 494 g/mol. The summed E-state index contributed by atoms with van der Waals surface area (Å²) in [7, 11) is -4.13. The standard InChI is InChI=1S/C24H20FN5O4S/c1-15-6-11-18(35(33,34)29-21-5-3-2-4-20(21)25)14-19(15)24(32)27-16-7-9-17(10-8-16)30-13-12-22(28-30)23(26)31/h2-14,29H,1H3,(H2,26,31)(H,27,32). The van der Waals surface area contributed by atoms with Crippen molar-refractivity contribution < 1.29 is 22.4 Å². The number of carbonyl (C=O) groups is 2. The van der Waals surface area contributed by atoms with E-state index < -0.39 is 27.7 Å². The highest BCUT2D eigenvalue weighted by atomic mass is 32.2. The largest absolute Gasteiger partial charge is 0.364 e. The number of sulfonamides is 1. The Bertz CT molecular complexity index is 1530. The molecule has 0 spiro atoms. The highest BCUT2D eigenvalue weighted by Gasteiger charge is 2.20. The molecule has 11 heteroatoms. The number of hydrogen-bond donors (Lipinski definition) is 3. The molecule has 9 nitrogen and oxygen atoms in total. The molecule has 178 valence electrons. The SMILES string of the molecule is Cc1ccc(S(=O)(=O)Nc2ccccc2F)cc1C(=O)Nc1ccc(-n2ccc(C(N)=O)n2)cc1. The maximum atomic E-state index is 13.9. The summed E-state index contributed by atoms with van der Waals surface area (Å²) in [5.74, 6) is -1.88. The minimum Gasteiger partial charge on any atom is -0.364 e. The van der Waals surface area contributed by atoms with Gasteiger partial charge in [-0.05, 0) is 67.1 Å². The van der Waals surface area contributed by atoms with E-state index in [0.29, 0.717) is 16.9 Å². The molecule has 0 bridgehead atoms. The number of carbonyl (C=O) groups excluding carboxylic acids is 2. The number of primary amides is 1. The Kier molecular flexibility index (Phi) is 6.34. The first-order chi connectivity index (χ1) is 16.6. The van der Waals surface area contributed by atoms with Gasteiger partial charge in [-0.1, -0.05) is 18.2 Å². The number of nitrogens with two attached hydrogens (primary N) is 1. The molecule has 0 radical (unpaired) electrons. The van der Waals surface area contributed by atoms with Gasteiger partial charge in [-0.3, -0.25) is 14.3 Å². The van der Waals surface area contributed by atoms with Crippen LogP contribution in [-0.4, -0.2) is 30.0 Å². The molecule has 3 aromatic carbocycles. The third-order valence-electron chi connectivity index (χ3n) is 5.11. The number of nitrogens with one attached hydrogen (secondary N) is 2. The Balaban J connectivity index is 1.53. The van der Waals surface area contributed by atoms with Crippen molar-refractivity contribution in [1.82, 2.24) is 9.78 Å². The number of rotatable bonds is 7. The number of aryl methyl sites for hydroxylation is 1. The quantitative estimate of drug-likeness (QED) is 0.362. The smallest absolute Gasteiger partial charge is 0.269 e. The van der Waals surface area contributed by atoms with Crippen molar-refractivity contribution in [2.24, 2.45) is 5.73 Å². The second-order valence-electron chi connectivity index (χ2n) is 7.57. The molecule has 0 unspecified atom stereocenters. The molecule has 1 aromatic heterocycles. The van der Waals surface area contributed by atoms with Gasteiger partial charge in [0.1, 0.15) is 11.5 Å². The van der Waals surface area contributed by atoms with Crippen LogP contribution in [0.15, 0.2) is 83.9 Å². The van der Waals surface area contributed by atoms with Crippen LogP contribution in [0.3, 0.4) is 0 Å². The summed E-state index contributed by atoms with van der Waals surface area (Å²) in [6.07, 6.45) is 1.58. The van der Waals surface area contributed by atoms with Gasteiger partial charge in [-0.25, -0.2) is 17.5 Å². The van der Waals surface area contributed by atoms with Crippen LogP contribution in [-0.2, 0) is 10.0 Å². The molecule has 0 aliphatic carbocycles. The number of aromatic nitrogens is 2. The minimum absolute atomic E-state index is 0.122. The Hall–Kier alpha value is -4.51. The summed E-state index contributed by atoms with van der Waals surface area (Å²) in [5, 5.41) is 6.79. The van der Waals surface area contributed by atoms with Crippen molar-refractivity contribution >= 4 is 33.2 Å². The molecule has 0 aliphatic heterocycles. The molecule has 0 fully saturated rings. The van der Waals surface area contributed by atoms with Crippen LogP contribution in [0, 0.1) is 12.7 Å². The summed E-state index contributed by atoms with van der Waals surface area (Å²) in [6.45, 7) is 1.67. The molecule has 4 N–H and O–H groups in total. The average Bonchev–Trinajstić information content (AvgIpc) is 3.32. The minimum atomic E-state index is -4.13. The molecule has 1 heterocycles. The third kappa shape index (κ3) is 5.20. The van der Waals surface area contributed by atoms with E-state index in [-0.39, 0.29) is 21.8 Å². The molecular formula is C24H20FN5O4S. The summed E-state index contributed by atoms with van der Waals surface area (Å²) < 4.78 is 43.1. The van der Waals surface area contributed by atoms with Crippen LogP contribution in [0.25, 0.3) is 5.69 Å². The van der Waals surface area contributed by atoms with Gasteiger partial charge in [0, 0.05) is 17.4 Å². The molecule has 2 amide bonds. The van der Waals surface area contributed by atoms with Gasteiger partial charge < -0.3 is 11.1 Å². The third-order valence-corrected chi connectivity index (χ3v) is 6.48. The Morgan fingerprint density at radius 2 is 1.71 bits per heavy atom. The topological polar surface area (TPSA) is 136 Å². The summed E-state index contributed by atoms with van der Waals surface area (Å²) >= 11 is 0. The zero-order chi connectivity index (χ0) is 25.2. The lowest BCUT2D eigenvalue weighted by molar-refractivity contribution is 0.0992. The van der Waals surface area contributed by atoms with E-state index in [4.69, 9.17) is 5.73 Å². The molecular weight excluding hydrogens is 473 g/mol. The van der Waals surface area contributed by atoms with Crippen molar-refractivity contribution in [2.45, 2.75) is 11.8 Å². The van der Waals surface area contributed by atoms with Crippen LogP contribution < -0.4 is 15.8 Å². The number of hydrogen-bond acceptors (Lipinski definition) is 5. The van der Waals surface area contributed by atoms with E-state index >= 15 is 0 Å². The molecule has 35 heavy (non-hydrogen) atoms. The number of halogens is 1. The first kappa shape index (κ1) is 23.6. The predicted octanol–water partition coefficient (Wildman–Crippen LogP) is 3.47. The van der Waals surface area contributed by atoms with Gasteiger partial charge in [-0.15, -0.1) is 0 Å². The van der Waals surface area contributed by atoms with Gasteiger partial charge in [0.15, 0.2) is 0 Å². The summed E-state index contributed by atoms with van der Waals surface area (Å²) in [5.41, 5.74) is 6.93. The van der Waals surface area contributed by atoms with Crippen LogP contribution in [0.4, 0.5) is 15.8 Å². The number of amides is 2. The van der Waals surface area contributed by atoms with Crippen LogP contribution in [0.2, 0.25) is 0 Å². The van der Waals surface area contributed by atoms with Gasteiger partial charge in [0.25, 0.3) is 21.8 Å². The van der Waals surface area contributed by atoms with E-state index in [0.717, 1.165) is 6.07 Å². The molecule has 0 atom stereocenters. The molecule has 0 saturated carbocycles. The van der Waals surface area contributed by atoms with Crippen molar-refractivity contribution in [3.63, 3.8) is 0 Å². The number of para-hydroxylation sites is 1. The zero-order valence-corrected chi connectivity index (χ0v) is 19.2. The van der Waals surface area contributed by atoms with Crippen LogP contribution in [0.5, 0.6) is 0 Å². The van der Waals surface area contributed by atoms with Crippen LogP contribution in [0.1, 0.15) is 26.4 Å². The lowest BCUT2D eigenvalue weighted by Gasteiger charge is -2.12. The number of nitrogens with zero attached hydrogens (tertiary/aromatic N) is 2. The lowest BCUT2D eigenvalue weighted by Crippen LogP contribution is -2.17.